The Morgan fingerprint density at radius 1 is 1.24 bits per heavy atom. The van der Waals surface area contributed by atoms with Crippen LogP contribution in [0.25, 0.3) is 0 Å². The summed E-state index contributed by atoms with van der Waals surface area (Å²) in [5.74, 6) is 0.134. The lowest BCUT2D eigenvalue weighted by molar-refractivity contribution is -0.155. The normalized spacial score (nSPS) is 36.4. The monoisotopic (exact) mass is 477 g/mol. The first-order valence-electron chi connectivity index (χ1n) is 7.09. The van der Waals surface area contributed by atoms with Gasteiger partial charge >= 0.3 is 0 Å². The summed E-state index contributed by atoms with van der Waals surface area (Å²) in [6, 6.07) is 9.70. The van der Waals surface area contributed by atoms with Crippen LogP contribution in [0.4, 0.5) is 5.69 Å². The summed E-state index contributed by atoms with van der Waals surface area (Å²) in [7, 11) is 0. The summed E-state index contributed by atoms with van der Waals surface area (Å²) in [6.07, 6.45) is 1.96. The third-order valence-electron chi connectivity index (χ3n) is 5.92. The molecule has 0 aromatic heterocycles. The molecule has 1 aromatic rings. The zero-order valence-electron chi connectivity index (χ0n) is 12.0. The Morgan fingerprint density at radius 3 is 2.33 bits per heavy atom. The van der Waals surface area contributed by atoms with Gasteiger partial charge in [-0.3, -0.25) is 4.79 Å². The zero-order chi connectivity index (χ0) is 15.5. The fourth-order valence-electron chi connectivity index (χ4n) is 4.46. The van der Waals surface area contributed by atoms with Crippen LogP contribution < -0.4 is 5.32 Å². The molecule has 3 atom stereocenters. The topological polar surface area (TPSA) is 29.1 Å². The molecule has 0 saturated heterocycles. The molecule has 0 spiro atoms. The van der Waals surface area contributed by atoms with Crippen molar-refractivity contribution in [2.24, 2.45) is 16.2 Å². The first kappa shape index (κ1) is 16.0. The van der Waals surface area contributed by atoms with Crippen molar-refractivity contribution in [3.05, 3.63) is 30.3 Å². The van der Waals surface area contributed by atoms with Gasteiger partial charge in [0, 0.05) is 15.9 Å². The van der Waals surface area contributed by atoms with Crippen LogP contribution >= 0.6 is 47.8 Å². The van der Waals surface area contributed by atoms with Crippen molar-refractivity contribution in [2.75, 3.05) is 5.32 Å². The van der Waals surface area contributed by atoms with Gasteiger partial charge in [0.2, 0.25) is 5.91 Å². The first-order chi connectivity index (χ1) is 9.80. The molecule has 114 valence electrons. The highest BCUT2D eigenvalue weighted by Crippen LogP contribution is 2.82. The van der Waals surface area contributed by atoms with Crippen LogP contribution in [-0.2, 0) is 4.79 Å². The molecule has 0 radical (unpaired) electrons. The Kier molecular flexibility index (Phi) is 3.86. The summed E-state index contributed by atoms with van der Waals surface area (Å²) >= 11 is 11.2. The van der Waals surface area contributed by atoms with Crippen LogP contribution in [-0.4, -0.2) is 14.5 Å². The van der Waals surface area contributed by atoms with Crippen LogP contribution in [0.5, 0.6) is 0 Å². The van der Waals surface area contributed by atoms with Gasteiger partial charge in [0.05, 0.1) is 9.15 Å². The van der Waals surface area contributed by atoms with Crippen molar-refractivity contribution >= 4 is 59.4 Å². The third kappa shape index (κ3) is 1.77. The van der Waals surface area contributed by atoms with Gasteiger partial charge in [-0.2, -0.15) is 0 Å². The average Bonchev–Trinajstić information content (AvgIpc) is 2.89. The summed E-state index contributed by atoms with van der Waals surface area (Å²) < 4.78 is 0.206. The molecule has 3 fully saturated rings. The van der Waals surface area contributed by atoms with Gasteiger partial charge in [0.15, 0.2) is 0 Å². The summed E-state index contributed by atoms with van der Waals surface area (Å²) in [6.45, 7) is 4.44. The van der Waals surface area contributed by atoms with Crippen LogP contribution in [0.1, 0.15) is 26.7 Å². The van der Waals surface area contributed by atoms with E-state index in [0.29, 0.717) is 0 Å². The van der Waals surface area contributed by atoms with Gasteiger partial charge in [-0.15, -0.1) is 0 Å². The van der Waals surface area contributed by atoms with Crippen LogP contribution in [0.15, 0.2) is 30.3 Å². The number of fused-ring (bicyclic) bond motifs is 1. The molecular formula is C16H18Br3NO. The van der Waals surface area contributed by atoms with Crippen molar-refractivity contribution in [3.8, 4) is 0 Å². The maximum absolute atomic E-state index is 13.0. The quantitative estimate of drug-likeness (QED) is 0.585. The van der Waals surface area contributed by atoms with Crippen molar-refractivity contribution in [2.45, 2.75) is 35.3 Å². The van der Waals surface area contributed by atoms with Crippen LogP contribution in [0.3, 0.4) is 0 Å². The molecule has 1 aromatic carbocycles. The maximum atomic E-state index is 13.0. The van der Waals surface area contributed by atoms with Crippen molar-refractivity contribution < 1.29 is 4.79 Å². The van der Waals surface area contributed by atoms with Gasteiger partial charge < -0.3 is 5.32 Å². The highest BCUT2D eigenvalue weighted by molar-refractivity contribution is 9.24. The number of para-hydroxylation sites is 1. The number of hydrogen-bond acceptors (Lipinski definition) is 1. The summed E-state index contributed by atoms with van der Waals surface area (Å²) in [5.41, 5.74) is 0.528. The SMILES string of the molecule is CC1(C)C2(C(=O)Nc3ccccc3)CCC1(C(Br)Br)C2Br. The Labute approximate surface area is 150 Å². The highest BCUT2D eigenvalue weighted by atomic mass is 79.9. The van der Waals surface area contributed by atoms with Gasteiger partial charge in [-0.25, -0.2) is 0 Å². The van der Waals surface area contributed by atoms with E-state index in [4.69, 9.17) is 0 Å². The number of amides is 1. The number of carbonyl (C=O) groups excluding carboxylic acids is 1. The minimum Gasteiger partial charge on any atom is -0.326 e. The molecule has 0 aliphatic heterocycles. The van der Waals surface area contributed by atoms with E-state index in [0.717, 1.165) is 18.5 Å². The van der Waals surface area contributed by atoms with Gasteiger partial charge in [0.1, 0.15) is 0 Å². The fraction of sp³-hybridized carbons (Fsp3) is 0.562. The van der Waals surface area contributed by atoms with Gasteiger partial charge in [-0.05, 0) is 30.4 Å². The molecule has 3 saturated carbocycles. The molecule has 1 N–H and O–H groups in total. The van der Waals surface area contributed by atoms with E-state index in [1.54, 1.807) is 0 Å². The van der Waals surface area contributed by atoms with E-state index in [1.165, 1.54) is 0 Å². The molecule has 2 nitrogen and oxygen atoms in total. The van der Waals surface area contributed by atoms with E-state index >= 15 is 0 Å². The Balaban J connectivity index is 1.91. The lowest BCUT2D eigenvalue weighted by Crippen LogP contribution is -2.71. The molecule has 0 heterocycles. The van der Waals surface area contributed by atoms with E-state index in [9.17, 15) is 4.79 Å². The predicted octanol–water partition coefficient (Wildman–Crippen LogP) is 5.31. The Morgan fingerprint density at radius 2 is 1.86 bits per heavy atom. The largest absolute Gasteiger partial charge is 0.326 e. The second-order valence-electron chi connectivity index (χ2n) is 6.62. The van der Waals surface area contributed by atoms with Crippen LogP contribution in [0, 0.1) is 16.2 Å². The molecule has 3 aliphatic carbocycles. The summed E-state index contributed by atoms with van der Waals surface area (Å²) in [4.78, 5) is 13.2. The second kappa shape index (κ2) is 5.07. The number of benzene rings is 1. The number of nitrogens with one attached hydrogen (secondary N) is 1. The highest BCUT2D eigenvalue weighted by Gasteiger charge is 2.83. The Bertz CT molecular complexity index is 574. The zero-order valence-corrected chi connectivity index (χ0v) is 16.8. The molecule has 21 heavy (non-hydrogen) atoms. The Hall–Kier alpha value is 0.130. The number of anilines is 1. The summed E-state index contributed by atoms with van der Waals surface area (Å²) in [5, 5.41) is 3.10. The van der Waals surface area contributed by atoms with E-state index < -0.39 is 0 Å². The number of halogens is 3. The fourth-order valence-corrected chi connectivity index (χ4v) is 9.38. The van der Waals surface area contributed by atoms with E-state index in [-0.39, 0.29) is 30.7 Å². The number of hydrogen-bond donors (Lipinski definition) is 1. The minimum absolute atomic E-state index is 0.0648. The number of rotatable bonds is 3. The lowest BCUT2D eigenvalue weighted by atomic mass is 9.43. The molecule has 1 amide bonds. The number of carbonyl (C=O) groups is 1. The third-order valence-corrected chi connectivity index (χ3v) is 9.16. The molecular weight excluding hydrogens is 462 g/mol. The molecule has 5 heteroatoms. The predicted molar refractivity (Wildman–Crippen MR) is 97.3 cm³/mol. The maximum Gasteiger partial charge on any atom is 0.232 e. The molecule has 3 aliphatic rings. The first-order valence-corrected chi connectivity index (χ1v) is 9.84. The lowest BCUT2D eigenvalue weighted by Gasteiger charge is -2.66. The van der Waals surface area contributed by atoms with Crippen molar-refractivity contribution in [3.63, 3.8) is 0 Å². The van der Waals surface area contributed by atoms with Crippen LogP contribution in [0.2, 0.25) is 0 Å². The molecule has 4 rings (SSSR count). The smallest absolute Gasteiger partial charge is 0.232 e. The van der Waals surface area contributed by atoms with Crippen molar-refractivity contribution in [1.82, 2.24) is 0 Å². The standard InChI is InChI=1S/C16H18Br3NO/c1-14(2)15(12(18)19)8-9-16(14,11(15)17)13(21)20-10-6-4-3-5-7-10/h3-7,11-12H,8-9H2,1-2H3,(H,20,21). The van der Waals surface area contributed by atoms with Gasteiger partial charge in [-0.1, -0.05) is 79.8 Å². The molecule has 2 bridgehead atoms. The minimum atomic E-state index is -0.345. The average molecular weight is 480 g/mol. The van der Waals surface area contributed by atoms with E-state index in [2.05, 4.69) is 67.0 Å². The van der Waals surface area contributed by atoms with Gasteiger partial charge in [0.25, 0.3) is 0 Å². The molecule has 3 unspecified atom stereocenters. The van der Waals surface area contributed by atoms with E-state index in [1.807, 2.05) is 30.3 Å². The second-order valence-corrected chi connectivity index (χ2v) is 10.6. The van der Waals surface area contributed by atoms with Crippen molar-refractivity contribution in [1.29, 1.82) is 0 Å². The number of alkyl halides is 3.